The fourth-order valence-corrected chi connectivity index (χ4v) is 5.38. The van der Waals surface area contributed by atoms with Crippen molar-refractivity contribution in [3.05, 3.63) is 87.4 Å². The molecule has 3 N–H and O–H groups in total. The van der Waals surface area contributed by atoms with Crippen LogP contribution in [0.15, 0.2) is 73.6 Å². The summed E-state index contributed by atoms with van der Waals surface area (Å²) in [4.78, 5) is 39.9. The number of rotatable bonds is 10. The second kappa shape index (κ2) is 10.7. The predicted molar refractivity (Wildman–Crippen MR) is 148 cm³/mol. The third-order valence-electron chi connectivity index (χ3n) is 7.25. The highest BCUT2D eigenvalue weighted by Crippen LogP contribution is 2.48. The number of hydrogen-bond acceptors (Lipinski definition) is 8. The average molecular weight is 551 g/mol. The minimum atomic E-state index is -1.62. The van der Waals surface area contributed by atoms with Crippen LogP contribution in [0.4, 0.5) is 5.88 Å². The summed E-state index contributed by atoms with van der Waals surface area (Å²) in [5.41, 5.74) is -0.474. The van der Waals surface area contributed by atoms with E-state index < -0.39 is 29.0 Å². The molecule has 2 aromatic carbocycles. The number of aliphatic hydroxyl groups is 1. The standard InChI is InChI=1S/C30H34N2O8/c1-6-7-16-30(5)31(17-19-12-14-20(15-13-19)21-10-8-9-11-22(21)26(33)34)23(27(35)36)24(29(3,4)38)32(30)25-18(2)39-28(37)40-25/h8-15,38H,6-7,16-17H2,1-5H3,(H,33,34)(H,35,36). The molecule has 0 amide bonds. The number of nitrogens with zero attached hydrogens (tertiary/aromatic N) is 2. The number of carbonyl (C=O) groups is 2. The Kier molecular flexibility index (Phi) is 7.67. The molecule has 0 saturated heterocycles. The Hall–Kier alpha value is -4.31. The van der Waals surface area contributed by atoms with Crippen LogP contribution >= 0.6 is 0 Å². The van der Waals surface area contributed by atoms with Crippen LogP contribution in [0.5, 0.6) is 0 Å². The van der Waals surface area contributed by atoms with E-state index in [4.69, 9.17) is 8.83 Å². The van der Waals surface area contributed by atoms with Crippen LogP contribution in [-0.2, 0) is 11.3 Å². The molecule has 0 saturated carbocycles. The summed E-state index contributed by atoms with van der Waals surface area (Å²) >= 11 is 0. The van der Waals surface area contributed by atoms with Gasteiger partial charge in [0.05, 0.1) is 11.3 Å². The van der Waals surface area contributed by atoms with Gasteiger partial charge in [0.25, 0.3) is 0 Å². The van der Waals surface area contributed by atoms with Gasteiger partial charge in [0, 0.05) is 6.54 Å². The molecule has 10 nitrogen and oxygen atoms in total. The van der Waals surface area contributed by atoms with Crippen LogP contribution in [0.2, 0.25) is 0 Å². The van der Waals surface area contributed by atoms with E-state index in [0.29, 0.717) is 17.5 Å². The number of anilines is 1. The zero-order chi connectivity index (χ0) is 29.4. The topological polar surface area (TPSA) is 145 Å². The highest BCUT2D eigenvalue weighted by atomic mass is 16.6. The number of carboxylic acids is 2. The smallest absolute Gasteiger partial charge is 0.478 e. The molecule has 0 radical (unpaired) electrons. The van der Waals surface area contributed by atoms with E-state index >= 15 is 0 Å². The number of aromatic carboxylic acids is 1. The molecular weight excluding hydrogens is 516 g/mol. The van der Waals surface area contributed by atoms with Gasteiger partial charge < -0.3 is 29.1 Å². The number of benzene rings is 2. The molecule has 1 aromatic heterocycles. The van der Waals surface area contributed by atoms with Crippen molar-refractivity contribution in [2.24, 2.45) is 0 Å². The fourth-order valence-electron chi connectivity index (χ4n) is 5.38. The minimum absolute atomic E-state index is 0.0441. The van der Waals surface area contributed by atoms with Crippen molar-refractivity contribution in [1.82, 2.24) is 4.90 Å². The fraction of sp³-hybridized carbons (Fsp3) is 0.367. The second-order valence-corrected chi connectivity index (χ2v) is 10.7. The summed E-state index contributed by atoms with van der Waals surface area (Å²) in [7, 11) is 0. The quantitative estimate of drug-likeness (QED) is 0.308. The summed E-state index contributed by atoms with van der Waals surface area (Å²) in [6.45, 7) is 8.56. The molecule has 212 valence electrons. The van der Waals surface area contributed by atoms with Crippen LogP contribution in [0, 0.1) is 6.92 Å². The van der Waals surface area contributed by atoms with E-state index in [9.17, 15) is 29.7 Å². The van der Waals surface area contributed by atoms with Crippen molar-refractivity contribution >= 4 is 17.8 Å². The first kappa shape index (κ1) is 28.7. The van der Waals surface area contributed by atoms with Crippen molar-refractivity contribution in [3.8, 4) is 11.1 Å². The monoisotopic (exact) mass is 550 g/mol. The van der Waals surface area contributed by atoms with Gasteiger partial charge in [-0.25, -0.2) is 14.4 Å². The van der Waals surface area contributed by atoms with Gasteiger partial charge in [0.15, 0.2) is 5.76 Å². The molecule has 4 rings (SSSR count). The summed E-state index contributed by atoms with van der Waals surface area (Å²) in [5, 5.41) is 31.3. The van der Waals surface area contributed by atoms with Crippen LogP contribution in [0.25, 0.3) is 11.1 Å². The lowest BCUT2D eigenvalue weighted by atomic mass is 9.97. The largest absolute Gasteiger partial charge is 0.520 e. The molecule has 3 aromatic rings. The lowest BCUT2D eigenvalue weighted by Crippen LogP contribution is -2.54. The maximum absolute atomic E-state index is 12.8. The minimum Gasteiger partial charge on any atom is -0.478 e. The maximum Gasteiger partial charge on any atom is 0.520 e. The zero-order valence-electron chi connectivity index (χ0n) is 23.2. The Morgan fingerprint density at radius 3 is 2.17 bits per heavy atom. The lowest BCUT2D eigenvalue weighted by molar-refractivity contribution is -0.135. The van der Waals surface area contributed by atoms with Crippen molar-refractivity contribution < 1.29 is 33.7 Å². The summed E-state index contributed by atoms with van der Waals surface area (Å²) < 4.78 is 10.6. The second-order valence-electron chi connectivity index (χ2n) is 10.7. The summed E-state index contributed by atoms with van der Waals surface area (Å²) in [6, 6.07) is 14.0. The Balaban J connectivity index is 1.85. The van der Waals surface area contributed by atoms with Crippen LogP contribution < -0.4 is 10.7 Å². The van der Waals surface area contributed by atoms with Gasteiger partial charge in [-0.15, -0.1) is 0 Å². The number of aliphatic carboxylic acids is 1. The van der Waals surface area contributed by atoms with E-state index in [1.54, 1.807) is 53.1 Å². The Morgan fingerprint density at radius 2 is 1.65 bits per heavy atom. The predicted octanol–water partition coefficient (Wildman–Crippen LogP) is 5.20. The molecule has 0 fully saturated rings. The normalized spacial score (nSPS) is 17.6. The highest BCUT2D eigenvalue weighted by molar-refractivity contribution is 5.96. The molecule has 0 aliphatic carbocycles. The molecule has 2 heterocycles. The van der Waals surface area contributed by atoms with Crippen LogP contribution in [0.1, 0.15) is 68.6 Å². The molecule has 1 unspecified atom stereocenters. The van der Waals surface area contributed by atoms with Crippen LogP contribution in [0.3, 0.4) is 0 Å². The zero-order valence-corrected chi connectivity index (χ0v) is 23.2. The molecular formula is C30H34N2O8. The molecule has 1 aliphatic heterocycles. The van der Waals surface area contributed by atoms with Gasteiger partial charge in [-0.2, -0.15) is 0 Å². The summed E-state index contributed by atoms with van der Waals surface area (Å²) in [6.07, 6.45) is 2.03. The first-order valence-electron chi connectivity index (χ1n) is 13.1. The Labute approximate surface area is 231 Å². The number of carboxylic acid groups (broad SMARTS) is 2. The van der Waals surface area contributed by atoms with Crippen molar-refractivity contribution in [1.29, 1.82) is 0 Å². The van der Waals surface area contributed by atoms with Crippen molar-refractivity contribution in [2.45, 2.75) is 71.7 Å². The number of hydrogen-bond donors (Lipinski definition) is 3. The van der Waals surface area contributed by atoms with Gasteiger partial charge in [-0.3, -0.25) is 4.90 Å². The first-order chi connectivity index (χ1) is 18.8. The lowest BCUT2D eigenvalue weighted by Gasteiger charge is -2.44. The molecule has 40 heavy (non-hydrogen) atoms. The van der Waals surface area contributed by atoms with E-state index in [-0.39, 0.29) is 35.1 Å². The molecule has 1 aliphatic rings. The average Bonchev–Trinajstić information content (AvgIpc) is 3.35. The van der Waals surface area contributed by atoms with Gasteiger partial charge in [0.1, 0.15) is 17.0 Å². The molecule has 10 heteroatoms. The number of unbranched alkanes of at least 4 members (excludes halogenated alkanes) is 1. The SMILES string of the molecule is CCCCC1(C)N(Cc2ccc(-c3ccccc3C(=O)O)cc2)C(C(=O)O)=C(C(C)(C)O)N1c1oc(=O)oc1C. The first-order valence-corrected chi connectivity index (χ1v) is 13.1. The third-order valence-corrected chi connectivity index (χ3v) is 7.25. The van der Waals surface area contributed by atoms with Gasteiger partial charge in [-0.1, -0.05) is 55.8 Å². The third kappa shape index (κ3) is 5.14. The van der Waals surface area contributed by atoms with E-state index in [1.165, 1.54) is 13.8 Å². The van der Waals surface area contributed by atoms with E-state index in [0.717, 1.165) is 18.4 Å². The molecule has 0 bridgehead atoms. The Bertz CT molecular complexity index is 1510. The number of aryl methyl sites for hydroxylation is 1. The Morgan fingerprint density at radius 1 is 1.00 bits per heavy atom. The van der Waals surface area contributed by atoms with Gasteiger partial charge in [-0.05, 0) is 63.3 Å². The van der Waals surface area contributed by atoms with Crippen molar-refractivity contribution in [2.75, 3.05) is 4.90 Å². The highest BCUT2D eigenvalue weighted by Gasteiger charge is 2.55. The van der Waals surface area contributed by atoms with Gasteiger partial charge >= 0.3 is 17.8 Å². The van der Waals surface area contributed by atoms with Crippen molar-refractivity contribution in [3.63, 3.8) is 0 Å². The van der Waals surface area contributed by atoms with E-state index in [1.807, 2.05) is 26.0 Å². The molecule has 1 atom stereocenters. The van der Waals surface area contributed by atoms with Crippen LogP contribution in [-0.4, -0.2) is 43.4 Å². The maximum atomic E-state index is 12.8. The van der Waals surface area contributed by atoms with E-state index in [2.05, 4.69) is 0 Å². The summed E-state index contributed by atoms with van der Waals surface area (Å²) in [5.74, 6) is -2.98. The van der Waals surface area contributed by atoms with Gasteiger partial charge in [0.2, 0.25) is 5.88 Å². The molecule has 0 spiro atoms.